The molecule has 6 heteroatoms. The minimum Gasteiger partial charge on any atom is -0.345 e. The van der Waals surface area contributed by atoms with Crippen LogP contribution in [0.4, 0.5) is 0 Å². The van der Waals surface area contributed by atoms with E-state index < -0.39 is 10.0 Å². The fourth-order valence-electron chi connectivity index (χ4n) is 3.08. The summed E-state index contributed by atoms with van der Waals surface area (Å²) in [5, 5.41) is 0.612. The zero-order valence-corrected chi connectivity index (χ0v) is 12.6. The Morgan fingerprint density at radius 1 is 1.18 bits per heavy atom. The molecule has 0 spiro atoms. The van der Waals surface area contributed by atoms with E-state index in [-0.39, 0.29) is 10.9 Å². The maximum absolute atomic E-state index is 12.7. The molecule has 1 aliphatic rings. The number of aromatic amines is 1. The number of sulfonamides is 1. The molecule has 2 N–H and O–H groups in total. The fraction of sp³-hybridized carbons (Fsp3) is 0.188. The first kappa shape index (κ1) is 13.5. The van der Waals surface area contributed by atoms with Gasteiger partial charge in [-0.25, -0.2) is 18.1 Å². The number of H-pyrrole nitrogens is 1. The smallest absolute Gasteiger partial charge is 0.243 e. The highest BCUT2D eigenvalue weighted by atomic mass is 32.2. The lowest BCUT2D eigenvalue weighted by Crippen LogP contribution is -2.27. The number of aromatic nitrogens is 2. The van der Waals surface area contributed by atoms with Crippen molar-refractivity contribution in [3.05, 3.63) is 59.9 Å². The number of nitrogens with one attached hydrogen (secondary N) is 2. The van der Waals surface area contributed by atoms with Crippen LogP contribution in [0.5, 0.6) is 0 Å². The zero-order chi connectivity index (χ0) is 15.2. The van der Waals surface area contributed by atoms with Gasteiger partial charge in [0.1, 0.15) is 10.5 Å². The van der Waals surface area contributed by atoms with Crippen LogP contribution in [0.25, 0.3) is 11.0 Å². The van der Waals surface area contributed by atoms with Gasteiger partial charge in [0.25, 0.3) is 0 Å². The Balaban J connectivity index is 1.71. The van der Waals surface area contributed by atoms with Crippen molar-refractivity contribution < 1.29 is 8.42 Å². The number of rotatable bonds is 3. The molecular weight excluding hydrogens is 298 g/mol. The van der Waals surface area contributed by atoms with Gasteiger partial charge < -0.3 is 4.98 Å². The third-order valence-corrected chi connectivity index (χ3v) is 5.64. The Labute approximate surface area is 128 Å². The Morgan fingerprint density at radius 3 is 2.95 bits per heavy atom. The molecule has 3 aromatic rings. The maximum atomic E-state index is 12.7. The summed E-state index contributed by atoms with van der Waals surface area (Å²) < 4.78 is 28.3. The van der Waals surface area contributed by atoms with Crippen molar-refractivity contribution >= 4 is 21.1 Å². The van der Waals surface area contributed by atoms with Crippen LogP contribution in [0.1, 0.15) is 23.6 Å². The molecule has 1 aliphatic carbocycles. The van der Waals surface area contributed by atoms with E-state index >= 15 is 0 Å². The molecule has 0 saturated heterocycles. The van der Waals surface area contributed by atoms with Gasteiger partial charge in [-0.05, 0) is 36.1 Å². The average Bonchev–Trinajstić information content (AvgIpc) is 3.12. The largest absolute Gasteiger partial charge is 0.345 e. The Hall–Kier alpha value is -2.18. The van der Waals surface area contributed by atoms with Crippen molar-refractivity contribution in [3.63, 3.8) is 0 Å². The standard InChI is InChI=1S/C16H15N3O2S/c20-22(21,15-10-18-16-13(15)6-3-9-17-16)19-14-8-7-11-4-1-2-5-12(11)14/h1-6,9-10,14,19H,7-8H2,(H,17,18)/t14-/m1/s1. The molecule has 1 aromatic carbocycles. The van der Waals surface area contributed by atoms with E-state index in [1.807, 2.05) is 18.2 Å². The number of pyridine rings is 1. The van der Waals surface area contributed by atoms with E-state index in [1.165, 1.54) is 11.8 Å². The molecule has 4 rings (SSSR count). The van der Waals surface area contributed by atoms with Crippen LogP contribution in [0, 0.1) is 0 Å². The molecule has 0 saturated carbocycles. The van der Waals surface area contributed by atoms with Gasteiger partial charge in [-0.2, -0.15) is 0 Å². The van der Waals surface area contributed by atoms with E-state index in [4.69, 9.17) is 0 Å². The van der Waals surface area contributed by atoms with Gasteiger partial charge in [0.2, 0.25) is 10.0 Å². The summed E-state index contributed by atoms with van der Waals surface area (Å²) in [5.41, 5.74) is 2.87. The molecule has 0 radical (unpaired) electrons. The van der Waals surface area contributed by atoms with Crippen LogP contribution < -0.4 is 4.72 Å². The van der Waals surface area contributed by atoms with Gasteiger partial charge >= 0.3 is 0 Å². The topological polar surface area (TPSA) is 74.8 Å². The van der Waals surface area contributed by atoms with Crippen molar-refractivity contribution in [2.24, 2.45) is 0 Å². The number of aryl methyl sites for hydroxylation is 1. The summed E-state index contributed by atoms with van der Waals surface area (Å²) >= 11 is 0. The molecule has 2 heterocycles. The molecule has 22 heavy (non-hydrogen) atoms. The highest BCUT2D eigenvalue weighted by molar-refractivity contribution is 7.89. The molecule has 0 aliphatic heterocycles. The van der Waals surface area contributed by atoms with E-state index in [0.29, 0.717) is 11.0 Å². The number of benzene rings is 1. The van der Waals surface area contributed by atoms with E-state index in [0.717, 1.165) is 18.4 Å². The third kappa shape index (κ3) is 2.12. The average molecular weight is 313 g/mol. The first-order valence-electron chi connectivity index (χ1n) is 7.17. The second-order valence-corrected chi connectivity index (χ2v) is 7.15. The van der Waals surface area contributed by atoms with Crippen molar-refractivity contribution in [1.82, 2.24) is 14.7 Å². The normalized spacial score (nSPS) is 17.7. The Morgan fingerprint density at radius 2 is 2.05 bits per heavy atom. The van der Waals surface area contributed by atoms with Gasteiger partial charge in [0.05, 0.1) is 0 Å². The number of hydrogen-bond donors (Lipinski definition) is 2. The van der Waals surface area contributed by atoms with E-state index in [9.17, 15) is 8.42 Å². The summed E-state index contributed by atoms with van der Waals surface area (Å²) in [7, 11) is -3.59. The molecular formula is C16H15N3O2S. The molecule has 2 aromatic heterocycles. The fourth-order valence-corrected chi connectivity index (χ4v) is 4.50. The summed E-state index contributed by atoms with van der Waals surface area (Å²) in [6.07, 6.45) is 4.83. The SMILES string of the molecule is O=S(=O)(N[C@@H]1CCc2ccccc21)c1c[nH]c2ncccc12. The van der Waals surface area contributed by atoms with Crippen molar-refractivity contribution in [2.45, 2.75) is 23.8 Å². The second-order valence-electron chi connectivity index (χ2n) is 5.46. The third-order valence-electron chi connectivity index (χ3n) is 4.13. The zero-order valence-electron chi connectivity index (χ0n) is 11.8. The lowest BCUT2D eigenvalue weighted by molar-refractivity contribution is 0.555. The molecule has 0 amide bonds. The minimum atomic E-state index is -3.59. The van der Waals surface area contributed by atoms with Crippen LogP contribution in [-0.2, 0) is 16.4 Å². The summed E-state index contributed by atoms with van der Waals surface area (Å²) in [4.78, 5) is 7.29. The Bertz CT molecular complexity index is 947. The summed E-state index contributed by atoms with van der Waals surface area (Å²) in [5.74, 6) is 0. The van der Waals surface area contributed by atoms with Gasteiger partial charge in [-0.1, -0.05) is 24.3 Å². The van der Waals surface area contributed by atoms with Crippen molar-refractivity contribution in [3.8, 4) is 0 Å². The van der Waals surface area contributed by atoms with Gasteiger partial charge in [0, 0.05) is 23.8 Å². The molecule has 1 atom stereocenters. The second kappa shape index (κ2) is 4.93. The highest BCUT2D eigenvalue weighted by Gasteiger charge is 2.28. The van der Waals surface area contributed by atoms with Crippen LogP contribution in [0.15, 0.2) is 53.7 Å². The molecule has 0 unspecified atom stereocenters. The molecule has 0 fully saturated rings. The minimum absolute atomic E-state index is 0.164. The lowest BCUT2D eigenvalue weighted by Gasteiger charge is -2.14. The van der Waals surface area contributed by atoms with Crippen LogP contribution >= 0.6 is 0 Å². The van der Waals surface area contributed by atoms with Crippen LogP contribution in [0.2, 0.25) is 0 Å². The summed E-state index contributed by atoms with van der Waals surface area (Å²) in [6.45, 7) is 0. The van der Waals surface area contributed by atoms with Gasteiger partial charge in [0.15, 0.2) is 0 Å². The highest BCUT2D eigenvalue weighted by Crippen LogP contribution is 2.32. The maximum Gasteiger partial charge on any atom is 0.243 e. The molecule has 112 valence electrons. The van der Waals surface area contributed by atoms with Crippen LogP contribution in [0.3, 0.4) is 0 Å². The monoisotopic (exact) mass is 313 g/mol. The number of hydrogen-bond acceptors (Lipinski definition) is 3. The van der Waals surface area contributed by atoms with Crippen molar-refractivity contribution in [1.29, 1.82) is 0 Å². The number of fused-ring (bicyclic) bond motifs is 2. The van der Waals surface area contributed by atoms with Crippen LogP contribution in [-0.4, -0.2) is 18.4 Å². The number of nitrogens with zero attached hydrogens (tertiary/aromatic N) is 1. The Kier molecular flexibility index (Phi) is 3.02. The lowest BCUT2D eigenvalue weighted by atomic mass is 10.1. The molecule has 5 nitrogen and oxygen atoms in total. The predicted molar refractivity (Wildman–Crippen MR) is 83.9 cm³/mol. The molecule has 0 bridgehead atoms. The first-order chi connectivity index (χ1) is 10.6. The van der Waals surface area contributed by atoms with E-state index in [2.05, 4.69) is 20.8 Å². The van der Waals surface area contributed by atoms with Crippen molar-refractivity contribution in [2.75, 3.05) is 0 Å². The van der Waals surface area contributed by atoms with E-state index in [1.54, 1.807) is 18.3 Å². The van der Waals surface area contributed by atoms with Gasteiger partial charge in [-0.3, -0.25) is 0 Å². The first-order valence-corrected chi connectivity index (χ1v) is 8.66. The summed E-state index contributed by atoms with van der Waals surface area (Å²) in [6, 6.07) is 11.3. The predicted octanol–water partition coefficient (Wildman–Crippen LogP) is 2.53. The quantitative estimate of drug-likeness (QED) is 0.780. The van der Waals surface area contributed by atoms with Gasteiger partial charge in [-0.15, -0.1) is 0 Å².